The van der Waals surface area contributed by atoms with E-state index >= 15 is 0 Å². The number of allylic oxidation sites excluding steroid dienone is 2. The summed E-state index contributed by atoms with van der Waals surface area (Å²) in [5.41, 5.74) is 3.14. The quantitative estimate of drug-likeness (QED) is 0.262. The Hall–Kier alpha value is -2.34. The molecular weight excluding hydrogens is 658 g/mol. The minimum absolute atomic E-state index is 0.0235. The summed E-state index contributed by atoms with van der Waals surface area (Å²) in [7, 11) is 0. The highest BCUT2D eigenvalue weighted by Crippen LogP contribution is 2.76. The molecule has 0 bridgehead atoms. The average Bonchev–Trinajstić information content (AvgIpc) is 3.33. The van der Waals surface area contributed by atoms with Crippen LogP contribution < -0.4 is 0 Å². The van der Waals surface area contributed by atoms with Gasteiger partial charge in [-0.15, -0.1) is 0 Å². The maximum Gasteiger partial charge on any atom is 0.410 e. The van der Waals surface area contributed by atoms with Crippen LogP contribution in [-0.2, 0) is 25.6 Å². The van der Waals surface area contributed by atoms with Crippen molar-refractivity contribution >= 4 is 29.4 Å². The molecule has 1 amide bonds. The summed E-state index contributed by atoms with van der Waals surface area (Å²) < 4.78 is 11.8. The summed E-state index contributed by atoms with van der Waals surface area (Å²) >= 11 is 6.20. The van der Waals surface area contributed by atoms with Crippen LogP contribution in [0.5, 0.6) is 0 Å². The lowest BCUT2D eigenvalue weighted by molar-refractivity contribution is -0.215. The van der Waals surface area contributed by atoms with E-state index in [0.717, 1.165) is 49.7 Å². The molecule has 4 fully saturated rings. The summed E-state index contributed by atoms with van der Waals surface area (Å²) in [6.07, 6.45) is 9.80. The largest absolute Gasteiger partial charge is 0.462 e. The van der Waals surface area contributed by atoms with Gasteiger partial charge in [-0.3, -0.25) is 9.59 Å². The molecule has 0 saturated heterocycles. The molecule has 0 radical (unpaired) electrons. The summed E-state index contributed by atoms with van der Waals surface area (Å²) in [6.45, 7) is 22.8. The second-order valence-corrected chi connectivity index (χ2v) is 19.8. The molecule has 7 heteroatoms. The molecule has 6 rings (SSSR count). The number of amides is 1. The second-order valence-electron chi connectivity index (χ2n) is 19.4. The molecule has 282 valence electrons. The maximum absolute atomic E-state index is 14.2. The van der Waals surface area contributed by atoms with E-state index in [1.54, 1.807) is 6.92 Å². The number of ketones is 1. The zero-order valence-electron chi connectivity index (χ0n) is 33.1. The number of fused-ring (bicyclic) bond motifs is 7. The van der Waals surface area contributed by atoms with Crippen LogP contribution in [0, 0.1) is 51.2 Å². The van der Waals surface area contributed by atoms with E-state index in [4.69, 9.17) is 21.1 Å². The van der Waals surface area contributed by atoms with Gasteiger partial charge in [0.15, 0.2) is 5.78 Å². The van der Waals surface area contributed by atoms with Crippen LogP contribution in [-0.4, -0.2) is 41.0 Å². The van der Waals surface area contributed by atoms with Crippen LogP contribution in [0.3, 0.4) is 0 Å². The van der Waals surface area contributed by atoms with Crippen molar-refractivity contribution in [2.24, 2.45) is 51.2 Å². The Kier molecular flexibility index (Phi) is 10.2. The van der Waals surface area contributed by atoms with Gasteiger partial charge in [-0.2, -0.15) is 0 Å². The van der Waals surface area contributed by atoms with Crippen molar-refractivity contribution in [1.82, 2.24) is 4.90 Å². The highest BCUT2D eigenvalue weighted by Gasteiger charge is 2.69. The van der Waals surface area contributed by atoms with Crippen LogP contribution in [0.4, 0.5) is 4.79 Å². The molecule has 0 heterocycles. The topological polar surface area (TPSA) is 72.9 Å². The predicted octanol–water partition coefficient (Wildman–Crippen LogP) is 11.0. The summed E-state index contributed by atoms with van der Waals surface area (Å²) in [5, 5.41) is 0.669. The van der Waals surface area contributed by atoms with Crippen molar-refractivity contribution in [3.63, 3.8) is 0 Å². The Bertz CT molecular complexity index is 1560. The van der Waals surface area contributed by atoms with Gasteiger partial charge in [-0.25, -0.2) is 4.79 Å². The fourth-order valence-electron chi connectivity index (χ4n) is 12.7. The lowest BCUT2D eigenvalue weighted by Gasteiger charge is -2.71. The number of hydrogen-bond donors (Lipinski definition) is 0. The molecule has 5 aliphatic carbocycles. The molecule has 6 nitrogen and oxygen atoms in total. The van der Waals surface area contributed by atoms with Crippen LogP contribution >= 0.6 is 11.6 Å². The van der Waals surface area contributed by atoms with E-state index in [-0.39, 0.29) is 45.7 Å². The number of ether oxygens (including phenoxy) is 2. The zero-order valence-corrected chi connectivity index (χ0v) is 33.9. The van der Waals surface area contributed by atoms with Gasteiger partial charge in [0, 0.05) is 36.9 Å². The van der Waals surface area contributed by atoms with E-state index in [0.29, 0.717) is 54.0 Å². The van der Waals surface area contributed by atoms with Gasteiger partial charge in [-0.05, 0) is 148 Å². The minimum atomic E-state index is -0.610. The number of carbonyl (C=O) groups is 3. The van der Waals surface area contributed by atoms with Gasteiger partial charge >= 0.3 is 12.1 Å². The Morgan fingerprint density at radius 2 is 1.65 bits per heavy atom. The van der Waals surface area contributed by atoms with Crippen molar-refractivity contribution in [1.29, 1.82) is 0 Å². The van der Waals surface area contributed by atoms with E-state index < -0.39 is 5.60 Å². The molecule has 9 atom stereocenters. The predicted molar refractivity (Wildman–Crippen MR) is 203 cm³/mol. The Morgan fingerprint density at radius 1 is 0.961 bits per heavy atom. The molecule has 0 aromatic heterocycles. The summed E-state index contributed by atoms with van der Waals surface area (Å²) in [4.78, 5) is 41.7. The van der Waals surface area contributed by atoms with Crippen molar-refractivity contribution < 1.29 is 23.9 Å². The van der Waals surface area contributed by atoms with Crippen molar-refractivity contribution in [3.05, 3.63) is 46.0 Å². The third kappa shape index (κ3) is 6.60. The standard InChI is InChI=1S/C44H64ClNO5/c1-27(2)37-34(48)25-44(23-24-46(39(49)51-40(5,6)7)26-30-11-13-31(45)14-12-30)22-21-42(9)33(38(37)44)15-16-36-41(8)19-18-35(50-29(4)47)28(3)32(41)17-20-43(36,42)10/h11-14,27-28,32-33,35-36H,15-26H2,1-10H3/t28-,32+,33-,35+,36-,41+,42-,43-,44-/m1/s1. The number of hydrogen-bond acceptors (Lipinski definition) is 5. The first-order valence-corrected chi connectivity index (χ1v) is 20.3. The molecule has 0 unspecified atom stereocenters. The Labute approximate surface area is 312 Å². The van der Waals surface area contributed by atoms with E-state index in [9.17, 15) is 14.4 Å². The van der Waals surface area contributed by atoms with Gasteiger partial charge in [0.2, 0.25) is 0 Å². The normalized spacial score (nSPS) is 37.6. The fraction of sp³-hybridized carbons (Fsp3) is 0.750. The smallest absolute Gasteiger partial charge is 0.410 e. The molecule has 4 saturated carbocycles. The minimum Gasteiger partial charge on any atom is -0.462 e. The highest BCUT2D eigenvalue weighted by molar-refractivity contribution is 6.30. The number of carbonyl (C=O) groups excluding carboxylic acids is 3. The van der Waals surface area contributed by atoms with Gasteiger partial charge in [0.25, 0.3) is 0 Å². The SMILES string of the molecule is CC(=O)O[C@H]1CC[C@]2(C)[C@H]3CC[C@@H]4C5=C(C(C)C)C(=O)C[C@]5(CCN(Cc5ccc(Cl)cc5)C(=O)OC(C)(C)C)CC[C@@]4(C)[C@]3(C)CC[C@H]2[C@H]1C. The third-order valence-corrected chi connectivity index (χ3v) is 15.5. The van der Waals surface area contributed by atoms with Gasteiger partial charge in [0.1, 0.15) is 11.7 Å². The molecule has 1 aromatic carbocycles. The number of rotatable bonds is 7. The van der Waals surface area contributed by atoms with Crippen LogP contribution in [0.1, 0.15) is 139 Å². The van der Waals surface area contributed by atoms with Crippen LogP contribution in [0.25, 0.3) is 0 Å². The Morgan fingerprint density at radius 3 is 2.27 bits per heavy atom. The lowest BCUT2D eigenvalue weighted by atomic mass is 9.34. The third-order valence-electron chi connectivity index (χ3n) is 15.2. The second kappa shape index (κ2) is 13.5. The first kappa shape index (κ1) is 38.4. The maximum atomic E-state index is 14.2. The van der Waals surface area contributed by atoms with Gasteiger partial charge < -0.3 is 14.4 Å². The van der Waals surface area contributed by atoms with E-state index in [1.165, 1.54) is 24.8 Å². The molecule has 0 spiro atoms. The summed E-state index contributed by atoms with van der Waals surface area (Å²) in [6, 6.07) is 7.69. The van der Waals surface area contributed by atoms with Crippen molar-refractivity contribution in [2.45, 2.75) is 152 Å². The molecule has 51 heavy (non-hydrogen) atoms. The number of esters is 1. The first-order chi connectivity index (χ1) is 23.7. The number of Topliss-reactive ketones (excluding diaryl/α,β-unsaturated/α-hetero) is 1. The number of nitrogens with zero attached hydrogens (tertiary/aromatic N) is 1. The molecular formula is C44H64ClNO5. The summed E-state index contributed by atoms with van der Waals surface area (Å²) in [5.74, 6) is 2.21. The molecule has 0 N–H and O–H groups in total. The van der Waals surface area contributed by atoms with Crippen LogP contribution in [0.15, 0.2) is 35.4 Å². The van der Waals surface area contributed by atoms with Crippen LogP contribution in [0.2, 0.25) is 5.02 Å². The number of halogens is 1. The lowest BCUT2D eigenvalue weighted by Crippen LogP contribution is -2.64. The molecule has 5 aliphatic rings. The van der Waals surface area contributed by atoms with Gasteiger partial charge in [0.05, 0.1) is 0 Å². The molecule has 0 aliphatic heterocycles. The zero-order chi connectivity index (χ0) is 37.3. The number of benzene rings is 1. The highest BCUT2D eigenvalue weighted by atomic mass is 35.5. The Balaban J connectivity index is 1.31. The molecule has 1 aromatic rings. The average molecular weight is 722 g/mol. The van der Waals surface area contributed by atoms with Crippen molar-refractivity contribution in [2.75, 3.05) is 6.54 Å². The fourth-order valence-corrected chi connectivity index (χ4v) is 12.9. The van der Waals surface area contributed by atoms with E-state index in [2.05, 4.69) is 41.5 Å². The van der Waals surface area contributed by atoms with Gasteiger partial charge in [-0.1, -0.05) is 70.8 Å². The first-order valence-electron chi connectivity index (χ1n) is 19.9. The van der Waals surface area contributed by atoms with E-state index in [1.807, 2.05) is 49.9 Å². The monoisotopic (exact) mass is 721 g/mol. The van der Waals surface area contributed by atoms with Crippen molar-refractivity contribution in [3.8, 4) is 0 Å².